The second-order valence-corrected chi connectivity index (χ2v) is 13.7. The SMILES string of the molecule is CCCCCCCCCCCCCCCC(=O)OCC(COP(=O)(O)OCC[N+](C)(C)C)OC(=O)CCC(O)/C=C/C(=O)O. The number of carbonyl (C=O) groups excluding carboxylic acids is 2. The number of nitrogens with zero attached hydrogens (tertiary/aromatic N) is 1. The van der Waals surface area contributed by atoms with Crippen LogP contribution in [0.4, 0.5) is 0 Å². The van der Waals surface area contributed by atoms with E-state index in [-0.39, 0.29) is 32.5 Å². The minimum atomic E-state index is -4.46. The van der Waals surface area contributed by atoms with Crippen LogP contribution in [0.5, 0.6) is 0 Å². The Labute approximate surface area is 264 Å². The van der Waals surface area contributed by atoms with Crippen LogP contribution >= 0.6 is 7.82 Å². The number of quaternary nitrogens is 1. The van der Waals surface area contributed by atoms with Gasteiger partial charge in [-0.25, -0.2) is 9.36 Å². The van der Waals surface area contributed by atoms with Crippen molar-refractivity contribution >= 4 is 25.7 Å². The summed E-state index contributed by atoms with van der Waals surface area (Å²) in [5, 5.41) is 18.4. The predicted octanol–water partition coefficient (Wildman–Crippen LogP) is 5.54. The summed E-state index contributed by atoms with van der Waals surface area (Å²) in [7, 11) is 1.21. The maximum atomic E-state index is 12.3. The average Bonchev–Trinajstić information content (AvgIpc) is 2.93. The highest BCUT2D eigenvalue weighted by Gasteiger charge is 2.27. The first kappa shape index (κ1) is 42.2. The summed E-state index contributed by atoms with van der Waals surface area (Å²) in [6.07, 6.45) is 14.7. The molecule has 0 spiro atoms. The number of hydrogen-bond donors (Lipinski definition) is 3. The topological polar surface area (TPSA) is 166 Å². The first-order chi connectivity index (χ1) is 20.7. The van der Waals surface area contributed by atoms with Crippen molar-refractivity contribution in [2.45, 2.75) is 122 Å². The highest BCUT2D eigenvalue weighted by molar-refractivity contribution is 7.47. The molecule has 3 unspecified atom stereocenters. The molecule has 0 aromatic heterocycles. The number of aliphatic hydroxyl groups is 1. The van der Waals surface area contributed by atoms with Crippen molar-refractivity contribution in [3.63, 3.8) is 0 Å². The van der Waals surface area contributed by atoms with Gasteiger partial charge in [0.2, 0.25) is 0 Å². The third-order valence-corrected chi connectivity index (χ3v) is 7.74. The Morgan fingerprint density at radius 2 is 1.34 bits per heavy atom. The van der Waals surface area contributed by atoms with Gasteiger partial charge in [-0.1, -0.05) is 84.0 Å². The van der Waals surface area contributed by atoms with Gasteiger partial charge in [0.25, 0.3) is 0 Å². The number of aliphatic hydroxyl groups excluding tert-OH is 1. The zero-order valence-electron chi connectivity index (χ0n) is 27.5. The van der Waals surface area contributed by atoms with Gasteiger partial charge in [0, 0.05) is 18.9 Å². The molecule has 0 rings (SSSR count). The number of rotatable bonds is 29. The van der Waals surface area contributed by atoms with E-state index in [0.29, 0.717) is 17.4 Å². The van der Waals surface area contributed by atoms with E-state index in [1.807, 2.05) is 21.1 Å². The first-order valence-corrected chi connectivity index (χ1v) is 17.6. The Balaban J connectivity index is 4.52. The lowest BCUT2D eigenvalue weighted by atomic mass is 10.0. The fourth-order valence-corrected chi connectivity index (χ4v) is 4.85. The summed E-state index contributed by atoms with van der Waals surface area (Å²) in [6.45, 7) is 1.69. The molecule has 0 aliphatic heterocycles. The molecule has 3 atom stereocenters. The lowest BCUT2D eigenvalue weighted by molar-refractivity contribution is -0.870. The van der Waals surface area contributed by atoms with Crippen molar-refractivity contribution in [3.05, 3.63) is 12.2 Å². The summed E-state index contributed by atoms with van der Waals surface area (Å²) >= 11 is 0. The molecule has 0 saturated carbocycles. The molecule has 0 aliphatic carbocycles. The van der Waals surface area contributed by atoms with Gasteiger partial charge in [0.05, 0.1) is 33.9 Å². The number of hydrogen-bond acceptors (Lipinski definition) is 9. The lowest BCUT2D eigenvalue weighted by Crippen LogP contribution is -2.37. The number of likely N-dealkylation sites (N-methyl/N-ethyl adjacent to an activating group) is 1. The van der Waals surface area contributed by atoms with Gasteiger partial charge in [-0.3, -0.25) is 18.6 Å². The zero-order chi connectivity index (χ0) is 33.3. The molecular weight excluding hydrogens is 593 g/mol. The number of esters is 2. The largest absolute Gasteiger partial charge is 0.478 e. The van der Waals surface area contributed by atoms with E-state index in [1.165, 1.54) is 57.8 Å². The fraction of sp³-hybridized carbons (Fsp3) is 0.839. The van der Waals surface area contributed by atoms with E-state index in [9.17, 15) is 28.9 Å². The second-order valence-electron chi connectivity index (χ2n) is 12.2. The third-order valence-electron chi connectivity index (χ3n) is 6.76. The van der Waals surface area contributed by atoms with Crippen LogP contribution in [0.1, 0.15) is 110 Å². The average molecular weight is 653 g/mol. The maximum absolute atomic E-state index is 12.3. The lowest BCUT2D eigenvalue weighted by Gasteiger charge is -2.24. The molecule has 0 heterocycles. The number of unbranched alkanes of at least 4 members (excludes halogenated alkanes) is 12. The van der Waals surface area contributed by atoms with Gasteiger partial charge in [0.15, 0.2) is 6.10 Å². The van der Waals surface area contributed by atoms with Crippen LogP contribution in [0.25, 0.3) is 0 Å². The number of phosphoric acid groups is 1. The summed E-state index contributed by atoms with van der Waals surface area (Å²) in [4.78, 5) is 45.2. The van der Waals surface area contributed by atoms with Gasteiger partial charge in [-0.15, -0.1) is 0 Å². The zero-order valence-corrected chi connectivity index (χ0v) is 28.3. The van der Waals surface area contributed by atoms with Crippen LogP contribution in [0.2, 0.25) is 0 Å². The van der Waals surface area contributed by atoms with E-state index >= 15 is 0 Å². The van der Waals surface area contributed by atoms with Crippen LogP contribution in [0, 0.1) is 0 Å². The number of carboxylic acid groups (broad SMARTS) is 1. The van der Waals surface area contributed by atoms with Crippen LogP contribution in [-0.2, 0) is 37.5 Å². The van der Waals surface area contributed by atoms with E-state index in [1.54, 1.807) is 0 Å². The summed E-state index contributed by atoms with van der Waals surface area (Å²) in [6, 6.07) is 0. The van der Waals surface area contributed by atoms with Gasteiger partial charge in [-0.2, -0.15) is 0 Å². The number of phosphoric ester groups is 1. The number of carbonyl (C=O) groups is 3. The van der Waals surface area contributed by atoms with Crippen molar-refractivity contribution in [2.75, 3.05) is 47.5 Å². The van der Waals surface area contributed by atoms with E-state index < -0.39 is 44.5 Å². The molecule has 13 heteroatoms. The fourth-order valence-electron chi connectivity index (χ4n) is 4.11. The Bertz CT molecular complexity index is 860. The molecular formula is C31H59NO11P+. The Morgan fingerprint density at radius 1 is 0.795 bits per heavy atom. The molecule has 0 bridgehead atoms. The van der Waals surface area contributed by atoms with Crippen LogP contribution < -0.4 is 0 Å². The molecule has 0 fully saturated rings. The normalized spacial score (nSPS) is 14.7. The number of ether oxygens (including phenoxy) is 2. The van der Waals surface area contributed by atoms with Crippen molar-refractivity contribution in [3.8, 4) is 0 Å². The molecule has 3 N–H and O–H groups in total. The Kier molecular flexibility index (Phi) is 24.3. The van der Waals surface area contributed by atoms with Crippen molar-refractivity contribution < 1.29 is 57.1 Å². The van der Waals surface area contributed by atoms with Crippen molar-refractivity contribution in [1.82, 2.24) is 0 Å². The van der Waals surface area contributed by atoms with Gasteiger partial charge in [-0.05, 0) is 18.9 Å². The minimum Gasteiger partial charge on any atom is -0.478 e. The maximum Gasteiger partial charge on any atom is 0.472 e. The number of carboxylic acids is 1. The second kappa shape index (κ2) is 25.4. The number of aliphatic carboxylic acids is 1. The van der Waals surface area contributed by atoms with Crippen molar-refractivity contribution in [2.24, 2.45) is 0 Å². The Morgan fingerprint density at radius 3 is 1.86 bits per heavy atom. The predicted molar refractivity (Wildman–Crippen MR) is 168 cm³/mol. The molecule has 258 valence electrons. The molecule has 12 nitrogen and oxygen atoms in total. The summed E-state index contributed by atoms with van der Waals surface area (Å²) in [5.74, 6) is -2.50. The van der Waals surface area contributed by atoms with Crippen molar-refractivity contribution in [1.29, 1.82) is 0 Å². The van der Waals surface area contributed by atoms with Crippen LogP contribution in [0.3, 0.4) is 0 Å². The van der Waals surface area contributed by atoms with Gasteiger partial charge in [0.1, 0.15) is 19.8 Å². The molecule has 0 aromatic carbocycles. The third kappa shape index (κ3) is 28.9. The van der Waals surface area contributed by atoms with E-state index in [0.717, 1.165) is 31.4 Å². The highest BCUT2D eigenvalue weighted by Crippen LogP contribution is 2.43. The molecule has 0 amide bonds. The van der Waals surface area contributed by atoms with Crippen LogP contribution in [-0.4, -0.2) is 97.2 Å². The monoisotopic (exact) mass is 652 g/mol. The van der Waals surface area contributed by atoms with E-state index in [4.69, 9.17) is 23.6 Å². The quantitative estimate of drug-likeness (QED) is 0.0305. The summed E-state index contributed by atoms with van der Waals surface area (Å²) < 4.78 is 33.3. The van der Waals surface area contributed by atoms with Crippen LogP contribution in [0.15, 0.2) is 12.2 Å². The molecule has 0 saturated heterocycles. The minimum absolute atomic E-state index is 0.0441. The first-order valence-electron chi connectivity index (χ1n) is 16.1. The molecule has 0 radical (unpaired) electrons. The van der Waals surface area contributed by atoms with E-state index in [2.05, 4.69) is 6.92 Å². The summed E-state index contributed by atoms with van der Waals surface area (Å²) in [5.41, 5.74) is 0. The Hall–Kier alpha value is -1.82. The standard InChI is InChI=1S/C31H58NO11P/c1-5-6-7-8-9-10-11-12-13-14-15-16-17-18-30(36)40-25-28(26-42-44(38,39)41-24-23-32(2,3)4)43-31(37)22-20-27(33)19-21-29(34)35/h19,21,27-28,33H,5-18,20,22-26H2,1-4H3,(H-,34,35,38,39)/p+1/b21-19+. The van der Waals surface area contributed by atoms with Gasteiger partial charge < -0.3 is 29.1 Å². The van der Waals surface area contributed by atoms with Gasteiger partial charge >= 0.3 is 25.7 Å². The molecule has 44 heavy (non-hydrogen) atoms. The highest BCUT2D eigenvalue weighted by atomic mass is 31.2. The smallest absolute Gasteiger partial charge is 0.472 e. The molecule has 0 aromatic rings. The molecule has 0 aliphatic rings.